The molecule has 0 fully saturated rings. The van der Waals surface area contributed by atoms with E-state index in [4.69, 9.17) is 27.9 Å². The minimum atomic E-state index is -0.343. The third kappa shape index (κ3) is 4.88. The van der Waals surface area contributed by atoms with Crippen molar-refractivity contribution in [2.75, 3.05) is 17.2 Å². The number of rotatable bonds is 5. The van der Waals surface area contributed by atoms with Gasteiger partial charge in [-0.15, -0.1) is 0 Å². The molecular formula is C17H16Cl2N2O3. The second kappa shape index (κ2) is 8.04. The summed E-state index contributed by atoms with van der Waals surface area (Å²) in [6.45, 7) is 3.03. The van der Waals surface area contributed by atoms with Crippen LogP contribution in [-0.2, 0) is 9.59 Å². The molecule has 2 amide bonds. The molecule has 0 bridgehead atoms. The van der Waals surface area contributed by atoms with Gasteiger partial charge < -0.3 is 15.4 Å². The highest BCUT2D eigenvalue weighted by atomic mass is 35.5. The van der Waals surface area contributed by atoms with Crippen LogP contribution in [-0.4, -0.2) is 18.4 Å². The van der Waals surface area contributed by atoms with Gasteiger partial charge in [0.2, 0.25) is 5.91 Å². The standard InChI is InChI=1S/C17H16Cl2N2O3/c1-10-14(20-11(2)22)4-3-5-15(10)21-17(23)9-24-16-7-6-12(18)8-13(16)19/h3-8H,9H2,1-2H3,(H,20,22)(H,21,23). The molecule has 5 nitrogen and oxygen atoms in total. The van der Waals surface area contributed by atoms with Crippen molar-refractivity contribution in [1.29, 1.82) is 0 Å². The summed E-state index contributed by atoms with van der Waals surface area (Å²) in [6.07, 6.45) is 0. The summed E-state index contributed by atoms with van der Waals surface area (Å²) in [5, 5.41) is 6.27. The molecule has 0 atom stereocenters. The first kappa shape index (κ1) is 18.1. The number of hydrogen-bond acceptors (Lipinski definition) is 3. The van der Waals surface area contributed by atoms with E-state index in [1.54, 1.807) is 37.3 Å². The maximum atomic E-state index is 12.1. The van der Waals surface area contributed by atoms with Gasteiger partial charge in [-0.1, -0.05) is 29.3 Å². The van der Waals surface area contributed by atoms with E-state index in [2.05, 4.69) is 10.6 Å². The number of anilines is 2. The first-order valence-electron chi connectivity index (χ1n) is 7.11. The highest BCUT2D eigenvalue weighted by Gasteiger charge is 2.10. The molecule has 2 aromatic carbocycles. The monoisotopic (exact) mass is 366 g/mol. The zero-order chi connectivity index (χ0) is 17.7. The highest BCUT2D eigenvalue weighted by Crippen LogP contribution is 2.27. The van der Waals surface area contributed by atoms with Gasteiger partial charge in [0, 0.05) is 23.3 Å². The van der Waals surface area contributed by atoms with Gasteiger partial charge in [-0.05, 0) is 42.8 Å². The summed E-state index contributed by atoms with van der Waals surface area (Å²) < 4.78 is 5.39. The number of ether oxygens (including phenoxy) is 1. The van der Waals surface area contributed by atoms with E-state index < -0.39 is 0 Å². The van der Waals surface area contributed by atoms with Gasteiger partial charge in [0.15, 0.2) is 6.61 Å². The molecule has 0 saturated heterocycles. The molecule has 24 heavy (non-hydrogen) atoms. The second-order valence-corrected chi connectivity index (χ2v) is 5.91. The average Bonchev–Trinajstić information content (AvgIpc) is 2.50. The molecule has 0 aliphatic rings. The molecule has 0 aromatic heterocycles. The lowest BCUT2D eigenvalue weighted by Crippen LogP contribution is -2.21. The van der Waals surface area contributed by atoms with Crippen molar-refractivity contribution in [2.24, 2.45) is 0 Å². The molecule has 0 spiro atoms. The van der Waals surface area contributed by atoms with Crippen LogP contribution in [0.4, 0.5) is 11.4 Å². The number of benzene rings is 2. The third-order valence-corrected chi connectivity index (χ3v) is 3.70. The Hall–Kier alpha value is -2.24. The molecule has 2 N–H and O–H groups in total. The third-order valence-electron chi connectivity index (χ3n) is 3.17. The van der Waals surface area contributed by atoms with E-state index in [0.717, 1.165) is 5.56 Å². The van der Waals surface area contributed by atoms with Gasteiger partial charge in [-0.3, -0.25) is 9.59 Å². The van der Waals surface area contributed by atoms with Crippen LogP contribution in [0.5, 0.6) is 5.75 Å². The van der Waals surface area contributed by atoms with Crippen molar-refractivity contribution in [3.8, 4) is 5.75 Å². The maximum absolute atomic E-state index is 12.1. The molecule has 0 unspecified atom stereocenters. The number of carbonyl (C=O) groups excluding carboxylic acids is 2. The number of amides is 2. The van der Waals surface area contributed by atoms with Crippen LogP contribution in [0.2, 0.25) is 10.0 Å². The smallest absolute Gasteiger partial charge is 0.262 e. The molecule has 2 rings (SSSR count). The fraction of sp³-hybridized carbons (Fsp3) is 0.176. The maximum Gasteiger partial charge on any atom is 0.262 e. The van der Waals surface area contributed by atoms with Crippen molar-refractivity contribution >= 4 is 46.4 Å². The normalized spacial score (nSPS) is 10.2. The molecule has 2 aromatic rings. The number of carbonyl (C=O) groups is 2. The molecule has 7 heteroatoms. The van der Waals surface area contributed by atoms with E-state index >= 15 is 0 Å². The van der Waals surface area contributed by atoms with Crippen molar-refractivity contribution < 1.29 is 14.3 Å². The topological polar surface area (TPSA) is 67.4 Å². The van der Waals surface area contributed by atoms with E-state index in [9.17, 15) is 9.59 Å². The van der Waals surface area contributed by atoms with Crippen LogP contribution in [0.15, 0.2) is 36.4 Å². The molecule has 0 aliphatic carbocycles. The Morgan fingerprint density at radius 3 is 2.38 bits per heavy atom. The lowest BCUT2D eigenvalue weighted by atomic mass is 10.1. The summed E-state index contributed by atoms with van der Waals surface area (Å²) in [5.74, 6) is -0.147. The van der Waals surface area contributed by atoms with E-state index in [1.165, 1.54) is 13.0 Å². The van der Waals surface area contributed by atoms with Crippen LogP contribution in [0, 0.1) is 6.92 Å². The summed E-state index contributed by atoms with van der Waals surface area (Å²) in [4.78, 5) is 23.2. The van der Waals surface area contributed by atoms with Crippen LogP contribution in [0.3, 0.4) is 0 Å². The van der Waals surface area contributed by atoms with E-state index in [-0.39, 0.29) is 18.4 Å². The largest absolute Gasteiger partial charge is 0.482 e. The summed E-state index contributed by atoms with van der Waals surface area (Å²) in [6, 6.07) is 10.0. The Labute approximate surface area is 149 Å². The summed E-state index contributed by atoms with van der Waals surface area (Å²) in [7, 11) is 0. The lowest BCUT2D eigenvalue weighted by molar-refractivity contribution is -0.118. The van der Waals surface area contributed by atoms with Gasteiger partial charge in [0.05, 0.1) is 5.02 Å². The average molecular weight is 367 g/mol. The Morgan fingerprint density at radius 1 is 1.08 bits per heavy atom. The molecule has 126 valence electrons. The van der Waals surface area contributed by atoms with Crippen LogP contribution < -0.4 is 15.4 Å². The van der Waals surface area contributed by atoms with Gasteiger partial charge in [0.1, 0.15) is 5.75 Å². The molecule has 0 saturated carbocycles. The van der Waals surface area contributed by atoms with Crippen LogP contribution >= 0.6 is 23.2 Å². The second-order valence-electron chi connectivity index (χ2n) is 5.07. The van der Waals surface area contributed by atoms with Gasteiger partial charge in [-0.2, -0.15) is 0 Å². The fourth-order valence-corrected chi connectivity index (χ4v) is 2.48. The molecule has 0 aliphatic heterocycles. The Balaban J connectivity index is 2.01. The first-order valence-corrected chi connectivity index (χ1v) is 7.87. The summed E-state index contributed by atoms with van der Waals surface area (Å²) in [5.41, 5.74) is 1.99. The number of nitrogens with one attached hydrogen (secondary N) is 2. The van der Waals surface area contributed by atoms with E-state index in [1.807, 2.05) is 0 Å². The van der Waals surface area contributed by atoms with Gasteiger partial charge in [0.25, 0.3) is 5.91 Å². The van der Waals surface area contributed by atoms with Gasteiger partial charge >= 0.3 is 0 Å². The highest BCUT2D eigenvalue weighted by molar-refractivity contribution is 6.35. The quantitative estimate of drug-likeness (QED) is 0.829. The van der Waals surface area contributed by atoms with Crippen molar-refractivity contribution in [3.63, 3.8) is 0 Å². The van der Waals surface area contributed by atoms with Crippen molar-refractivity contribution in [3.05, 3.63) is 52.0 Å². The predicted molar refractivity (Wildman–Crippen MR) is 96.1 cm³/mol. The Bertz CT molecular complexity index is 778. The van der Waals surface area contributed by atoms with Crippen LogP contribution in [0.1, 0.15) is 12.5 Å². The lowest BCUT2D eigenvalue weighted by Gasteiger charge is -2.13. The minimum absolute atomic E-state index is 0.178. The fourth-order valence-electron chi connectivity index (χ4n) is 2.02. The molecule has 0 heterocycles. The first-order chi connectivity index (χ1) is 11.4. The zero-order valence-corrected chi connectivity index (χ0v) is 14.7. The SMILES string of the molecule is CC(=O)Nc1cccc(NC(=O)COc2ccc(Cl)cc2Cl)c1C. The van der Waals surface area contributed by atoms with Crippen molar-refractivity contribution in [2.45, 2.75) is 13.8 Å². The predicted octanol–water partition coefficient (Wildman–Crippen LogP) is 4.28. The Kier molecular flexibility index (Phi) is 6.06. The van der Waals surface area contributed by atoms with E-state index in [0.29, 0.717) is 27.2 Å². The summed E-state index contributed by atoms with van der Waals surface area (Å²) >= 11 is 11.8. The Morgan fingerprint density at radius 2 is 1.75 bits per heavy atom. The number of halogens is 2. The molecule has 0 radical (unpaired) electrons. The number of hydrogen-bond donors (Lipinski definition) is 2. The minimum Gasteiger partial charge on any atom is -0.482 e. The zero-order valence-electron chi connectivity index (χ0n) is 13.2. The van der Waals surface area contributed by atoms with Gasteiger partial charge in [-0.25, -0.2) is 0 Å². The van der Waals surface area contributed by atoms with Crippen LogP contribution in [0.25, 0.3) is 0 Å². The van der Waals surface area contributed by atoms with Crippen molar-refractivity contribution in [1.82, 2.24) is 0 Å². The molecular weight excluding hydrogens is 351 g/mol.